The molecule has 1 aliphatic heterocycles. The largest absolute Gasteiger partial charge is 0.496 e. The maximum absolute atomic E-state index is 10.7. The summed E-state index contributed by atoms with van der Waals surface area (Å²) in [6.07, 6.45) is 8.41. The van der Waals surface area contributed by atoms with Crippen LogP contribution in [0.5, 0.6) is 17.2 Å². The molecule has 2 aliphatic rings. The highest BCUT2D eigenvalue weighted by molar-refractivity contribution is 5.90. The third kappa shape index (κ3) is 3.58. The number of methoxy groups -OCH3 is 2. The second kappa shape index (κ2) is 8.09. The molecule has 0 amide bonds. The predicted octanol–water partition coefficient (Wildman–Crippen LogP) is 5.86. The minimum Gasteiger partial charge on any atom is -0.496 e. The second-order valence-electron chi connectivity index (χ2n) is 10.7. The van der Waals surface area contributed by atoms with E-state index in [0.717, 1.165) is 64.1 Å². The van der Waals surface area contributed by atoms with Crippen molar-refractivity contribution in [3.8, 4) is 17.2 Å². The molecular weight excluding hydrogens is 426 g/mol. The molecule has 5 nitrogen and oxygen atoms in total. The van der Waals surface area contributed by atoms with Gasteiger partial charge in [-0.25, -0.2) is 0 Å². The van der Waals surface area contributed by atoms with Crippen molar-refractivity contribution in [2.75, 3.05) is 14.2 Å². The summed E-state index contributed by atoms with van der Waals surface area (Å²) < 4.78 is 20.2. The topological polar surface area (TPSA) is 52.9 Å². The maximum Gasteiger partial charge on any atom is 0.165 e. The standard InChI is InChI=1S/C29H35NO4/c1-28(2)25-17-20-13-18(16-24(33-6)27(20)34-29(25,3)11-9-26(28)31)7-8-19-14-22-21(10-12-30(22)4)23(15-19)32-5/h7-8,10,12-16,25-26,31H,9,11,17H2,1-6H3/b8-7+/t25-,26-,29-/m1/s1. The number of ether oxygens (including phenoxy) is 3. The summed E-state index contributed by atoms with van der Waals surface area (Å²) in [6.45, 7) is 6.53. The van der Waals surface area contributed by atoms with Crippen molar-refractivity contribution in [1.29, 1.82) is 0 Å². The average Bonchev–Trinajstić information content (AvgIpc) is 3.19. The first kappa shape index (κ1) is 22.9. The van der Waals surface area contributed by atoms with Crippen molar-refractivity contribution in [2.45, 2.75) is 51.7 Å². The summed E-state index contributed by atoms with van der Waals surface area (Å²) in [4.78, 5) is 0. The quantitative estimate of drug-likeness (QED) is 0.495. The summed E-state index contributed by atoms with van der Waals surface area (Å²) in [5.74, 6) is 2.70. The minimum absolute atomic E-state index is 0.217. The molecule has 3 aromatic rings. The Labute approximate surface area is 201 Å². The molecule has 1 aliphatic carbocycles. The highest BCUT2D eigenvalue weighted by Gasteiger charge is 2.54. The predicted molar refractivity (Wildman–Crippen MR) is 137 cm³/mol. The van der Waals surface area contributed by atoms with E-state index in [1.807, 2.05) is 19.3 Å². The summed E-state index contributed by atoms with van der Waals surface area (Å²) in [5, 5.41) is 11.8. The van der Waals surface area contributed by atoms with Crippen molar-refractivity contribution in [2.24, 2.45) is 18.4 Å². The van der Waals surface area contributed by atoms with E-state index in [1.54, 1.807) is 14.2 Å². The van der Waals surface area contributed by atoms with Gasteiger partial charge >= 0.3 is 0 Å². The average molecular weight is 462 g/mol. The Morgan fingerprint density at radius 3 is 2.41 bits per heavy atom. The smallest absolute Gasteiger partial charge is 0.165 e. The first-order valence-electron chi connectivity index (χ1n) is 12.1. The van der Waals surface area contributed by atoms with Crippen LogP contribution < -0.4 is 14.2 Å². The zero-order valence-corrected chi connectivity index (χ0v) is 21.0. The van der Waals surface area contributed by atoms with E-state index in [-0.39, 0.29) is 23.0 Å². The molecule has 34 heavy (non-hydrogen) atoms. The first-order valence-corrected chi connectivity index (χ1v) is 12.1. The van der Waals surface area contributed by atoms with Crippen molar-refractivity contribution in [1.82, 2.24) is 4.57 Å². The highest BCUT2D eigenvalue weighted by Crippen LogP contribution is 2.55. The number of nitrogens with zero attached hydrogens (tertiary/aromatic N) is 1. The summed E-state index contributed by atoms with van der Waals surface area (Å²) in [7, 11) is 5.45. The molecule has 0 saturated heterocycles. The number of hydrogen-bond donors (Lipinski definition) is 1. The molecule has 0 unspecified atom stereocenters. The zero-order chi connectivity index (χ0) is 24.3. The van der Waals surface area contributed by atoms with Gasteiger partial charge in [-0.3, -0.25) is 0 Å². The molecule has 0 bridgehead atoms. The van der Waals surface area contributed by atoms with Gasteiger partial charge in [-0.1, -0.05) is 26.0 Å². The van der Waals surface area contributed by atoms with E-state index in [1.165, 1.54) is 0 Å². The van der Waals surface area contributed by atoms with Crippen molar-refractivity contribution >= 4 is 23.1 Å². The molecule has 1 fully saturated rings. The van der Waals surface area contributed by atoms with Gasteiger partial charge < -0.3 is 23.9 Å². The number of aliphatic hydroxyl groups is 1. The molecule has 1 saturated carbocycles. The molecule has 0 spiro atoms. The number of aliphatic hydroxyl groups excluding tert-OH is 1. The van der Waals surface area contributed by atoms with Gasteiger partial charge in [0, 0.05) is 24.5 Å². The lowest BCUT2D eigenvalue weighted by Crippen LogP contribution is -2.58. The van der Waals surface area contributed by atoms with Gasteiger partial charge in [0.25, 0.3) is 0 Å². The van der Waals surface area contributed by atoms with Gasteiger partial charge in [0.05, 0.1) is 25.8 Å². The van der Waals surface area contributed by atoms with Gasteiger partial charge in [0.2, 0.25) is 0 Å². The monoisotopic (exact) mass is 461 g/mol. The van der Waals surface area contributed by atoms with Crippen LogP contribution in [0.1, 0.15) is 50.3 Å². The van der Waals surface area contributed by atoms with Gasteiger partial charge in [-0.2, -0.15) is 0 Å². The fourth-order valence-electron chi connectivity index (χ4n) is 6.06. The molecule has 1 N–H and O–H groups in total. The highest BCUT2D eigenvalue weighted by atomic mass is 16.5. The first-order chi connectivity index (χ1) is 16.2. The van der Waals surface area contributed by atoms with Crippen molar-refractivity contribution < 1.29 is 19.3 Å². The fourth-order valence-corrected chi connectivity index (χ4v) is 6.06. The van der Waals surface area contributed by atoms with Gasteiger partial charge in [0.15, 0.2) is 11.5 Å². The van der Waals surface area contributed by atoms with Gasteiger partial charge in [0.1, 0.15) is 11.4 Å². The van der Waals surface area contributed by atoms with Crippen LogP contribution in [0.25, 0.3) is 23.1 Å². The van der Waals surface area contributed by atoms with Gasteiger partial charge in [-0.15, -0.1) is 0 Å². The molecular formula is C29H35NO4. The summed E-state index contributed by atoms with van der Waals surface area (Å²) in [6, 6.07) is 10.6. The van der Waals surface area contributed by atoms with Gasteiger partial charge in [-0.05, 0) is 78.6 Å². The lowest BCUT2D eigenvalue weighted by molar-refractivity contribution is -0.138. The number of benzene rings is 2. The minimum atomic E-state index is -0.317. The van der Waals surface area contributed by atoms with Crippen LogP contribution in [0.2, 0.25) is 0 Å². The van der Waals surface area contributed by atoms with E-state index < -0.39 is 0 Å². The molecule has 1 aromatic heterocycles. The Morgan fingerprint density at radius 1 is 1.03 bits per heavy atom. The van der Waals surface area contributed by atoms with E-state index in [4.69, 9.17) is 14.2 Å². The fraction of sp³-hybridized carbons (Fsp3) is 0.448. The third-order valence-electron chi connectivity index (χ3n) is 8.22. The van der Waals surface area contributed by atoms with E-state index in [2.05, 4.69) is 61.8 Å². The van der Waals surface area contributed by atoms with Crippen molar-refractivity contribution in [3.63, 3.8) is 0 Å². The Hall–Kier alpha value is -2.92. The van der Waals surface area contributed by atoms with Crippen molar-refractivity contribution in [3.05, 3.63) is 53.2 Å². The molecule has 3 atom stereocenters. The van der Waals surface area contributed by atoms with Crippen LogP contribution in [0.4, 0.5) is 0 Å². The number of aromatic nitrogens is 1. The summed E-state index contributed by atoms with van der Waals surface area (Å²) >= 11 is 0. The number of fused-ring (bicyclic) bond motifs is 3. The number of hydrogen-bond acceptors (Lipinski definition) is 4. The SMILES string of the molecule is COc1cc(/C=C/c2cc(OC)c3ccn(C)c3c2)cc2c1O[C@]1(C)CC[C@@H](O)C(C)(C)[C@H]1C2. The van der Waals surface area contributed by atoms with E-state index in [0.29, 0.717) is 0 Å². The number of rotatable bonds is 4. The Bertz CT molecular complexity index is 1270. The lowest BCUT2D eigenvalue weighted by Gasteiger charge is -2.55. The van der Waals surface area contributed by atoms with E-state index in [9.17, 15) is 5.11 Å². The second-order valence-corrected chi connectivity index (χ2v) is 10.7. The third-order valence-corrected chi connectivity index (χ3v) is 8.22. The Morgan fingerprint density at radius 2 is 1.71 bits per heavy atom. The molecule has 5 rings (SSSR count). The van der Waals surface area contributed by atoms with Crippen LogP contribution in [-0.4, -0.2) is 35.6 Å². The zero-order valence-electron chi connectivity index (χ0n) is 21.0. The summed E-state index contributed by atoms with van der Waals surface area (Å²) in [5.41, 5.74) is 3.88. The normalized spacial score (nSPS) is 25.6. The van der Waals surface area contributed by atoms with Crippen LogP contribution in [-0.2, 0) is 13.5 Å². The van der Waals surface area contributed by atoms with Crippen LogP contribution >= 0.6 is 0 Å². The lowest BCUT2D eigenvalue weighted by atomic mass is 9.57. The Kier molecular flexibility index (Phi) is 5.44. The Balaban J connectivity index is 1.52. The number of aryl methyl sites for hydroxylation is 1. The molecule has 180 valence electrons. The van der Waals surface area contributed by atoms with Crippen LogP contribution in [0.3, 0.4) is 0 Å². The molecule has 2 heterocycles. The van der Waals surface area contributed by atoms with Crippen LogP contribution in [0.15, 0.2) is 36.5 Å². The maximum atomic E-state index is 10.7. The molecule has 2 aromatic carbocycles. The van der Waals surface area contributed by atoms with E-state index >= 15 is 0 Å². The van der Waals surface area contributed by atoms with Crippen LogP contribution in [0, 0.1) is 11.3 Å². The molecule has 0 radical (unpaired) electrons. The molecule has 5 heteroatoms.